The van der Waals surface area contributed by atoms with Gasteiger partial charge in [0.05, 0.1) is 6.10 Å². The molecule has 1 saturated heterocycles. The summed E-state index contributed by atoms with van der Waals surface area (Å²) in [5.74, 6) is 0. The molecule has 3 nitrogen and oxygen atoms in total. The topological polar surface area (TPSA) is 30.5 Å². The number of methoxy groups -OCH3 is 1. The fourth-order valence-electron chi connectivity index (χ4n) is 1.70. The Balaban J connectivity index is 2.15. The van der Waals surface area contributed by atoms with Crippen molar-refractivity contribution in [3.63, 3.8) is 0 Å². The fraction of sp³-hybridized carbons (Fsp3) is 1.00. The monoisotopic (exact) mass is 201 g/mol. The van der Waals surface area contributed by atoms with Crippen molar-refractivity contribution in [3.8, 4) is 0 Å². The highest BCUT2D eigenvalue weighted by Gasteiger charge is 2.26. The summed E-state index contributed by atoms with van der Waals surface area (Å²) >= 11 is 0. The first kappa shape index (κ1) is 12.0. The second-order valence-corrected chi connectivity index (χ2v) is 4.60. The van der Waals surface area contributed by atoms with Crippen molar-refractivity contribution >= 4 is 0 Å². The van der Waals surface area contributed by atoms with Crippen LogP contribution in [0.4, 0.5) is 0 Å². The van der Waals surface area contributed by atoms with Gasteiger partial charge in [0.25, 0.3) is 0 Å². The van der Waals surface area contributed by atoms with Gasteiger partial charge in [-0.15, -0.1) is 0 Å². The highest BCUT2D eigenvalue weighted by Crippen LogP contribution is 2.28. The van der Waals surface area contributed by atoms with Crippen LogP contribution in [0.2, 0.25) is 0 Å². The van der Waals surface area contributed by atoms with E-state index in [-0.39, 0.29) is 0 Å². The lowest BCUT2D eigenvalue weighted by Gasteiger charge is -2.34. The Kier molecular flexibility index (Phi) is 4.85. The molecule has 1 fully saturated rings. The number of nitrogens with one attached hydrogen (secondary N) is 1. The quantitative estimate of drug-likeness (QED) is 0.730. The minimum atomic E-state index is 0.304. The maximum absolute atomic E-state index is 5.36. The van der Waals surface area contributed by atoms with E-state index in [1.807, 2.05) is 0 Å². The molecule has 0 spiro atoms. The zero-order valence-corrected chi connectivity index (χ0v) is 9.64. The average molecular weight is 201 g/mol. The summed E-state index contributed by atoms with van der Waals surface area (Å²) in [6.07, 6.45) is 2.64. The third kappa shape index (κ3) is 3.95. The smallest absolute Gasteiger partial charge is 0.0667 e. The van der Waals surface area contributed by atoms with Gasteiger partial charge < -0.3 is 14.8 Å². The number of ether oxygens (including phenoxy) is 2. The molecule has 14 heavy (non-hydrogen) atoms. The molecule has 84 valence electrons. The highest BCUT2D eigenvalue weighted by atomic mass is 16.5. The van der Waals surface area contributed by atoms with Crippen LogP contribution >= 0.6 is 0 Å². The normalized spacial score (nSPS) is 23.4. The van der Waals surface area contributed by atoms with E-state index in [2.05, 4.69) is 19.2 Å². The van der Waals surface area contributed by atoms with Crippen LogP contribution < -0.4 is 5.32 Å². The number of hydrogen-bond acceptors (Lipinski definition) is 3. The van der Waals surface area contributed by atoms with Gasteiger partial charge in [0.1, 0.15) is 0 Å². The second kappa shape index (κ2) is 5.69. The summed E-state index contributed by atoms with van der Waals surface area (Å²) in [4.78, 5) is 0. The molecule has 0 aliphatic carbocycles. The Labute approximate surface area is 87.2 Å². The molecule has 1 aliphatic rings. The van der Waals surface area contributed by atoms with Gasteiger partial charge in [-0.2, -0.15) is 0 Å². The van der Waals surface area contributed by atoms with Gasteiger partial charge in [0.2, 0.25) is 0 Å². The van der Waals surface area contributed by atoms with Gasteiger partial charge in [-0.05, 0) is 25.2 Å². The SMILES string of the molecule is COC(C)CNCC1(C)CCOCC1. The zero-order valence-electron chi connectivity index (χ0n) is 9.64. The standard InChI is InChI=1S/C11H23NO2/c1-10(13-3)8-12-9-11(2)4-6-14-7-5-11/h10,12H,4-9H2,1-3H3. The van der Waals surface area contributed by atoms with Gasteiger partial charge in [-0.25, -0.2) is 0 Å². The molecular formula is C11H23NO2. The minimum Gasteiger partial charge on any atom is -0.381 e. The third-order valence-electron chi connectivity index (χ3n) is 3.09. The van der Waals surface area contributed by atoms with Gasteiger partial charge in [-0.1, -0.05) is 6.92 Å². The summed E-state index contributed by atoms with van der Waals surface area (Å²) in [6, 6.07) is 0. The highest BCUT2D eigenvalue weighted by molar-refractivity contribution is 4.79. The average Bonchev–Trinajstić information content (AvgIpc) is 2.18. The van der Waals surface area contributed by atoms with E-state index in [9.17, 15) is 0 Å². The maximum atomic E-state index is 5.36. The summed E-state index contributed by atoms with van der Waals surface area (Å²) in [7, 11) is 1.75. The van der Waals surface area contributed by atoms with Crippen LogP contribution in [0.1, 0.15) is 26.7 Å². The summed E-state index contributed by atoms with van der Waals surface area (Å²) in [5, 5.41) is 3.47. The lowest BCUT2D eigenvalue weighted by molar-refractivity contribution is 0.0220. The molecule has 1 heterocycles. The Morgan fingerprint density at radius 2 is 2.07 bits per heavy atom. The van der Waals surface area contributed by atoms with Crippen LogP contribution in [0.5, 0.6) is 0 Å². The second-order valence-electron chi connectivity index (χ2n) is 4.60. The van der Waals surface area contributed by atoms with Crippen molar-refractivity contribution in [1.82, 2.24) is 5.32 Å². The first-order valence-corrected chi connectivity index (χ1v) is 5.47. The van der Waals surface area contributed by atoms with Crippen molar-refractivity contribution in [2.24, 2.45) is 5.41 Å². The number of hydrogen-bond donors (Lipinski definition) is 1. The molecule has 0 aromatic carbocycles. The summed E-state index contributed by atoms with van der Waals surface area (Å²) in [6.45, 7) is 8.26. The summed E-state index contributed by atoms with van der Waals surface area (Å²) < 4.78 is 10.5. The largest absolute Gasteiger partial charge is 0.381 e. The Morgan fingerprint density at radius 1 is 1.43 bits per heavy atom. The van der Waals surface area contributed by atoms with Crippen LogP contribution in [-0.4, -0.2) is 39.5 Å². The molecule has 0 saturated carbocycles. The first-order chi connectivity index (χ1) is 6.66. The van der Waals surface area contributed by atoms with Crippen LogP contribution in [0.25, 0.3) is 0 Å². The van der Waals surface area contributed by atoms with E-state index in [0.29, 0.717) is 11.5 Å². The number of rotatable bonds is 5. The molecule has 0 bridgehead atoms. The van der Waals surface area contributed by atoms with Crippen molar-refractivity contribution in [1.29, 1.82) is 0 Å². The van der Waals surface area contributed by atoms with Gasteiger partial charge in [-0.3, -0.25) is 0 Å². The van der Waals surface area contributed by atoms with Crippen LogP contribution in [0.15, 0.2) is 0 Å². The van der Waals surface area contributed by atoms with E-state index >= 15 is 0 Å². The van der Waals surface area contributed by atoms with Crippen molar-refractivity contribution in [3.05, 3.63) is 0 Å². The molecule has 0 aromatic heterocycles. The van der Waals surface area contributed by atoms with E-state index in [4.69, 9.17) is 9.47 Å². The zero-order chi connectivity index (χ0) is 10.4. The third-order valence-corrected chi connectivity index (χ3v) is 3.09. The van der Waals surface area contributed by atoms with Gasteiger partial charge in [0, 0.05) is 33.4 Å². The van der Waals surface area contributed by atoms with Crippen LogP contribution in [0, 0.1) is 5.41 Å². The molecule has 1 unspecified atom stereocenters. The lowest BCUT2D eigenvalue weighted by Crippen LogP contribution is -2.39. The molecule has 1 rings (SSSR count). The summed E-state index contributed by atoms with van der Waals surface area (Å²) in [5.41, 5.74) is 0.422. The molecular weight excluding hydrogens is 178 g/mol. The Bertz CT molecular complexity index is 155. The Morgan fingerprint density at radius 3 is 2.64 bits per heavy atom. The predicted octanol–water partition coefficient (Wildman–Crippen LogP) is 1.43. The molecule has 1 N–H and O–H groups in total. The van der Waals surface area contributed by atoms with Crippen LogP contribution in [0.3, 0.4) is 0 Å². The Hall–Kier alpha value is -0.120. The van der Waals surface area contributed by atoms with E-state index in [0.717, 1.165) is 26.3 Å². The lowest BCUT2D eigenvalue weighted by atomic mass is 9.82. The maximum Gasteiger partial charge on any atom is 0.0667 e. The molecule has 1 aliphatic heterocycles. The van der Waals surface area contributed by atoms with Crippen LogP contribution in [-0.2, 0) is 9.47 Å². The molecule has 0 amide bonds. The van der Waals surface area contributed by atoms with E-state index in [1.54, 1.807) is 7.11 Å². The van der Waals surface area contributed by atoms with Crippen molar-refractivity contribution in [2.45, 2.75) is 32.8 Å². The molecule has 1 atom stereocenters. The molecule has 3 heteroatoms. The van der Waals surface area contributed by atoms with Crippen molar-refractivity contribution < 1.29 is 9.47 Å². The minimum absolute atomic E-state index is 0.304. The van der Waals surface area contributed by atoms with Crippen molar-refractivity contribution in [2.75, 3.05) is 33.4 Å². The van der Waals surface area contributed by atoms with E-state index < -0.39 is 0 Å². The van der Waals surface area contributed by atoms with Gasteiger partial charge in [0.15, 0.2) is 0 Å². The predicted molar refractivity (Wildman–Crippen MR) is 57.5 cm³/mol. The molecule has 0 aromatic rings. The van der Waals surface area contributed by atoms with Gasteiger partial charge >= 0.3 is 0 Å². The first-order valence-electron chi connectivity index (χ1n) is 5.47. The fourth-order valence-corrected chi connectivity index (χ4v) is 1.70. The molecule has 0 radical (unpaired) electrons. The van der Waals surface area contributed by atoms with E-state index in [1.165, 1.54) is 12.8 Å².